The highest BCUT2D eigenvalue weighted by Gasteiger charge is 2.29. The average Bonchev–Trinajstić information content (AvgIpc) is 2.37. The van der Waals surface area contributed by atoms with Gasteiger partial charge in [0, 0.05) is 6.07 Å². The van der Waals surface area contributed by atoms with Crippen molar-refractivity contribution in [2.75, 3.05) is 19.5 Å². The van der Waals surface area contributed by atoms with E-state index >= 15 is 0 Å². The molecule has 1 aromatic rings. The fraction of sp³-hybridized carbons (Fsp3) is 0.462. The molecule has 1 amide bonds. The summed E-state index contributed by atoms with van der Waals surface area (Å²) in [5.74, 6) is -2.57. The molecule has 1 atom stereocenters. The zero-order chi connectivity index (χ0) is 15.3. The van der Waals surface area contributed by atoms with Crippen LogP contribution in [0.25, 0.3) is 0 Å². The Morgan fingerprint density at radius 1 is 1.30 bits per heavy atom. The van der Waals surface area contributed by atoms with Gasteiger partial charge in [-0.05, 0) is 5.92 Å². The molecule has 0 aliphatic heterocycles. The van der Waals surface area contributed by atoms with Crippen molar-refractivity contribution < 1.29 is 24.2 Å². The first-order valence-electron chi connectivity index (χ1n) is 6.02. The van der Waals surface area contributed by atoms with Gasteiger partial charge in [0.1, 0.15) is 5.92 Å². The van der Waals surface area contributed by atoms with E-state index in [1.165, 1.54) is 26.5 Å². The van der Waals surface area contributed by atoms with Crippen LogP contribution in [0.3, 0.4) is 0 Å². The van der Waals surface area contributed by atoms with Gasteiger partial charge in [-0.3, -0.25) is 9.59 Å². The molecule has 1 heterocycles. The number of anilines is 1. The van der Waals surface area contributed by atoms with Crippen LogP contribution in [0, 0.1) is 11.8 Å². The van der Waals surface area contributed by atoms with E-state index in [0.29, 0.717) is 11.4 Å². The molecule has 0 bridgehead atoms. The molecule has 0 spiro atoms. The second kappa shape index (κ2) is 6.74. The Morgan fingerprint density at radius 2 is 1.95 bits per heavy atom. The summed E-state index contributed by atoms with van der Waals surface area (Å²) in [7, 11) is 2.89. The van der Waals surface area contributed by atoms with Gasteiger partial charge in [-0.1, -0.05) is 13.8 Å². The Kier molecular flexibility index (Phi) is 5.31. The number of aromatic nitrogens is 1. The van der Waals surface area contributed by atoms with E-state index in [2.05, 4.69) is 10.3 Å². The first-order valence-corrected chi connectivity index (χ1v) is 6.02. The number of pyridine rings is 1. The van der Waals surface area contributed by atoms with Gasteiger partial charge in [-0.25, -0.2) is 4.98 Å². The molecule has 7 nitrogen and oxygen atoms in total. The van der Waals surface area contributed by atoms with Crippen LogP contribution in [0.5, 0.6) is 11.6 Å². The summed E-state index contributed by atoms with van der Waals surface area (Å²) in [6.07, 6.45) is 1.37. The maximum atomic E-state index is 12.0. The van der Waals surface area contributed by atoms with E-state index < -0.39 is 17.8 Å². The zero-order valence-corrected chi connectivity index (χ0v) is 11.8. The lowest BCUT2D eigenvalue weighted by atomic mass is 9.95. The Balaban J connectivity index is 2.92. The van der Waals surface area contributed by atoms with Crippen molar-refractivity contribution in [2.24, 2.45) is 11.8 Å². The standard InChI is InChI=1S/C13H18N2O5/c1-7(2)10(13(17)18)11(16)15-8-5-9(19-3)12(20-4)14-6-8/h5-7,10H,1-4H3,(H,15,16)(H,17,18). The third kappa shape index (κ3) is 3.59. The number of rotatable bonds is 6. The van der Waals surface area contributed by atoms with Crippen molar-refractivity contribution in [3.63, 3.8) is 0 Å². The summed E-state index contributed by atoms with van der Waals surface area (Å²) in [6.45, 7) is 3.34. The average molecular weight is 282 g/mol. The molecule has 7 heteroatoms. The number of hydrogen-bond acceptors (Lipinski definition) is 5. The summed E-state index contributed by atoms with van der Waals surface area (Å²) < 4.78 is 10.0. The van der Waals surface area contributed by atoms with E-state index in [0.717, 1.165) is 0 Å². The first kappa shape index (κ1) is 15.7. The molecular formula is C13H18N2O5. The van der Waals surface area contributed by atoms with Crippen LogP contribution in [0.15, 0.2) is 12.3 Å². The molecule has 1 rings (SSSR count). The monoisotopic (exact) mass is 282 g/mol. The molecule has 0 aromatic carbocycles. The normalized spacial score (nSPS) is 11.8. The number of carboxylic acid groups (broad SMARTS) is 1. The van der Waals surface area contributed by atoms with E-state index in [4.69, 9.17) is 14.6 Å². The van der Waals surface area contributed by atoms with E-state index in [1.807, 2.05) is 0 Å². The van der Waals surface area contributed by atoms with Gasteiger partial charge >= 0.3 is 5.97 Å². The Hall–Kier alpha value is -2.31. The third-order valence-electron chi connectivity index (χ3n) is 2.71. The number of nitrogens with zero attached hydrogens (tertiary/aromatic N) is 1. The lowest BCUT2D eigenvalue weighted by Gasteiger charge is -2.16. The van der Waals surface area contributed by atoms with Crippen LogP contribution in [-0.4, -0.2) is 36.2 Å². The van der Waals surface area contributed by atoms with Gasteiger partial charge in [0.25, 0.3) is 5.88 Å². The molecule has 0 radical (unpaired) electrons. The maximum Gasteiger partial charge on any atom is 0.316 e. The Morgan fingerprint density at radius 3 is 2.40 bits per heavy atom. The van der Waals surface area contributed by atoms with Crippen molar-refractivity contribution in [3.05, 3.63) is 12.3 Å². The quantitative estimate of drug-likeness (QED) is 0.765. The van der Waals surface area contributed by atoms with E-state index in [9.17, 15) is 9.59 Å². The van der Waals surface area contributed by atoms with Gasteiger partial charge in [0.2, 0.25) is 5.91 Å². The molecule has 1 aromatic heterocycles. The zero-order valence-electron chi connectivity index (χ0n) is 11.8. The molecular weight excluding hydrogens is 264 g/mol. The number of amides is 1. The minimum absolute atomic E-state index is 0.282. The number of carbonyl (C=O) groups excluding carboxylic acids is 1. The van der Waals surface area contributed by atoms with Gasteiger partial charge < -0.3 is 19.9 Å². The van der Waals surface area contributed by atoms with Gasteiger partial charge in [0.15, 0.2) is 5.75 Å². The van der Waals surface area contributed by atoms with Crippen LogP contribution in [0.2, 0.25) is 0 Å². The van der Waals surface area contributed by atoms with Crippen molar-refractivity contribution in [1.82, 2.24) is 4.98 Å². The van der Waals surface area contributed by atoms with Crippen LogP contribution in [0.4, 0.5) is 5.69 Å². The topological polar surface area (TPSA) is 97.8 Å². The molecule has 2 N–H and O–H groups in total. The number of carboxylic acids is 1. The smallest absolute Gasteiger partial charge is 0.316 e. The molecule has 110 valence electrons. The highest BCUT2D eigenvalue weighted by molar-refractivity contribution is 6.04. The summed E-state index contributed by atoms with van der Waals surface area (Å²) in [5.41, 5.74) is 0.347. The van der Waals surface area contributed by atoms with Gasteiger partial charge in [-0.2, -0.15) is 0 Å². The fourth-order valence-electron chi connectivity index (χ4n) is 1.72. The first-order chi connectivity index (χ1) is 9.40. The highest BCUT2D eigenvalue weighted by Crippen LogP contribution is 2.27. The van der Waals surface area contributed by atoms with E-state index in [1.54, 1.807) is 13.8 Å². The van der Waals surface area contributed by atoms with E-state index in [-0.39, 0.29) is 11.8 Å². The number of methoxy groups -OCH3 is 2. The molecule has 20 heavy (non-hydrogen) atoms. The summed E-state index contributed by atoms with van der Waals surface area (Å²) >= 11 is 0. The second-order valence-corrected chi connectivity index (χ2v) is 4.48. The summed E-state index contributed by atoms with van der Waals surface area (Å²) in [4.78, 5) is 27.0. The lowest BCUT2D eigenvalue weighted by molar-refractivity contribution is -0.147. The highest BCUT2D eigenvalue weighted by atomic mass is 16.5. The predicted molar refractivity (Wildman–Crippen MR) is 71.9 cm³/mol. The molecule has 0 saturated heterocycles. The molecule has 0 fully saturated rings. The Bertz CT molecular complexity index is 502. The number of nitrogens with one attached hydrogen (secondary N) is 1. The predicted octanol–water partition coefficient (Wildman–Crippen LogP) is 1.39. The number of hydrogen-bond donors (Lipinski definition) is 2. The summed E-state index contributed by atoms with van der Waals surface area (Å²) in [5, 5.41) is 11.6. The maximum absolute atomic E-state index is 12.0. The molecule has 1 unspecified atom stereocenters. The minimum Gasteiger partial charge on any atom is -0.491 e. The van der Waals surface area contributed by atoms with Crippen molar-refractivity contribution in [2.45, 2.75) is 13.8 Å². The number of carbonyl (C=O) groups is 2. The van der Waals surface area contributed by atoms with Crippen LogP contribution in [-0.2, 0) is 9.59 Å². The van der Waals surface area contributed by atoms with Gasteiger partial charge in [-0.15, -0.1) is 0 Å². The Labute approximate surface area is 116 Å². The van der Waals surface area contributed by atoms with Crippen LogP contribution < -0.4 is 14.8 Å². The second-order valence-electron chi connectivity index (χ2n) is 4.48. The molecule has 0 aliphatic rings. The van der Waals surface area contributed by atoms with Crippen LogP contribution >= 0.6 is 0 Å². The minimum atomic E-state index is -1.16. The van der Waals surface area contributed by atoms with Crippen molar-refractivity contribution >= 4 is 17.6 Å². The number of ether oxygens (including phenoxy) is 2. The molecule has 0 aliphatic carbocycles. The lowest BCUT2D eigenvalue weighted by Crippen LogP contribution is -2.33. The fourth-order valence-corrected chi connectivity index (χ4v) is 1.72. The number of aliphatic carboxylic acids is 1. The SMILES string of the molecule is COc1cc(NC(=O)C(C(=O)O)C(C)C)cnc1OC. The van der Waals surface area contributed by atoms with Crippen molar-refractivity contribution in [3.8, 4) is 11.6 Å². The van der Waals surface area contributed by atoms with Gasteiger partial charge in [0.05, 0.1) is 26.1 Å². The van der Waals surface area contributed by atoms with Crippen LogP contribution in [0.1, 0.15) is 13.8 Å². The molecule has 0 saturated carbocycles. The largest absolute Gasteiger partial charge is 0.491 e. The summed E-state index contributed by atoms with van der Waals surface area (Å²) in [6, 6.07) is 1.52. The van der Waals surface area contributed by atoms with Crippen molar-refractivity contribution in [1.29, 1.82) is 0 Å². The third-order valence-corrected chi connectivity index (χ3v) is 2.71.